The van der Waals surface area contributed by atoms with Crippen molar-refractivity contribution in [2.45, 2.75) is 52.6 Å². The zero-order valence-electron chi connectivity index (χ0n) is 11.4. The van der Waals surface area contributed by atoms with Crippen molar-refractivity contribution < 1.29 is 9.15 Å². The van der Waals surface area contributed by atoms with Gasteiger partial charge in [0.1, 0.15) is 0 Å². The third-order valence-electron chi connectivity index (χ3n) is 2.12. The number of hydrogen-bond donors (Lipinski definition) is 1. The summed E-state index contributed by atoms with van der Waals surface area (Å²) in [5.41, 5.74) is -0.103. The van der Waals surface area contributed by atoms with Crippen LogP contribution in [0.1, 0.15) is 46.9 Å². The molecular weight excluding hydrogens is 218 g/mol. The first-order chi connectivity index (χ1) is 7.89. The molecule has 1 rings (SSSR count). The van der Waals surface area contributed by atoms with Gasteiger partial charge < -0.3 is 14.5 Å². The Morgan fingerprint density at radius 1 is 1.29 bits per heavy atom. The van der Waals surface area contributed by atoms with Gasteiger partial charge in [-0.05, 0) is 20.3 Å². The Balaban J connectivity index is 2.26. The molecule has 5 heteroatoms. The van der Waals surface area contributed by atoms with E-state index in [0.717, 1.165) is 19.6 Å². The van der Waals surface area contributed by atoms with Crippen LogP contribution in [0, 0.1) is 0 Å². The van der Waals surface area contributed by atoms with Crippen LogP contribution in [0.15, 0.2) is 4.42 Å². The lowest BCUT2D eigenvalue weighted by atomic mass is 9.97. The highest BCUT2D eigenvalue weighted by atomic mass is 16.5. The molecule has 17 heavy (non-hydrogen) atoms. The summed E-state index contributed by atoms with van der Waals surface area (Å²) >= 11 is 0. The molecule has 1 aromatic heterocycles. The highest BCUT2D eigenvalue weighted by molar-refractivity contribution is 5.17. The number of nitrogens with one attached hydrogen (secondary N) is 1. The molecule has 0 aliphatic heterocycles. The van der Waals surface area contributed by atoms with Crippen molar-refractivity contribution in [1.29, 1.82) is 0 Å². The van der Waals surface area contributed by atoms with Gasteiger partial charge in [0.05, 0.1) is 6.10 Å². The summed E-state index contributed by atoms with van der Waals surface area (Å²) in [6, 6.07) is 0.486. The fraction of sp³-hybridized carbons (Fsp3) is 0.833. The number of hydrogen-bond acceptors (Lipinski definition) is 5. The summed E-state index contributed by atoms with van der Waals surface area (Å²) in [4.78, 5) is 0. The zero-order valence-corrected chi connectivity index (χ0v) is 11.4. The Morgan fingerprint density at radius 3 is 2.53 bits per heavy atom. The summed E-state index contributed by atoms with van der Waals surface area (Å²) in [7, 11) is 0. The summed E-state index contributed by atoms with van der Waals surface area (Å²) in [6.45, 7) is 11.7. The molecule has 0 amide bonds. The largest absolute Gasteiger partial charge is 0.408 e. The molecule has 0 aliphatic carbocycles. The van der Waals surface area contributed by atoms with E-state index in [1.165, 1.54) is 0 Å². The molecule has 0 bridgehead atoms. The van der Waals surface area contributed by atoms with Gasteiger partial charge in [0.15, 0.2) is 0 Å². The van der Waals surface area contributed by atoms with E-state index in [1.807, 2.05) is 34.6 Å². The topological polar surface area (TPSA) is 60.2 Å². The molecule has 0 radical (unpaired) electrons. The van der Waals surface area contributed by atoms with E-state index < -0.39 is 0 Å². The van der Waals surface area contributed by atoms with E-state index in [4.69, 9.17) is 9.15 Å². The van der Waals surface area contributed by atoms with Gasteiger partial charge in [0.25, 0.3) is 0 Å². The second kappa shape index (κ2) is 6.00. The third-order valence-corrected chi connectivity index (χ3v) is 2.12. The quantitative estimate of drug-likeness (QED) is 0.776. The number of ether oxygens (including phenoxy) is 1. The summed E-state index contributed by atoms with van der Waals surface area (Å²) in [6.07, 6.45) is 1.21. The third kappa shape index (κ3) is 5.17. The maximum Gasteiger partial charge on any atom is 0.315 e. The Morgan fingerprint density at radius 2 is 2.00 bits per heavy atom. The minimum absolute atomic E-state index is 0.103. The van der Waals surface area contributed by atoms with Crippen LogP contribution in [0.5, 0.6) is 0 Å². The zero-order chi connectivity index (χ0) is 12.9. The van der Waals surface area contributed by atoms with Gasteiger partial charge in [0.2, 0.25) is 5.89 Å². The van der Waals surface area contributed by atoms with Crippen molar-refractivity contribution in [1.82, 2.24) is 10.2 Å². The van der Waals surface area contributed by atoms with Gasteiger partial charge in [-0.15, -0.1) is 5.10 Å². The van der Waals surface area contributed by atoms with Crippen LogP contribution < -0.4 is 5.32 Å². The first kappa shape index (κ1) is 14.0. The smallest absolute Gasteiger partial charge is 0.315 e. The summed E-state index contributed by atoms with van der Waals surface area (Å²) < 4.78 is 10.9. The minimum Gasteiger partial charge on any atom is -0.408 e. The fourth-order valence-corrected chi connectivity index (χ4v) is 1.18. The highest BCUT2D eigenvalue weighted by Gasteiger charge is 2.21. The van der Waals surface area contributed by atoms with Crippen LogP contribution in [0.25, 0.3) is 0 Å². The summed E-state index contributed by atoms with van der Waals surface area (Å²) in [5.74, 6) is 0.651. The highest BCUT2D eigenvalue weighted by Crippen LogP contribution is 2.21. The second-order valence-corrected chi connectivity index (χ2v) is 5.36. The van der Waals surface area contributed by atoms with Crippen molar-refractivity contribution in [3.63, 3.8) is 0 Å². The maximum absolute atomic E-state index is 5.50. The van der Waals surface area contributed by atoms with Crippen molar-refractivity contribution in [2.75, 3.05) is 18.5 Å². The maximum atomic E-state index is 5.50. The van der Waals surface area contributed by atoms with Gasteiger partial charge in [-0.3, -0.25) is 0 Å². The van der Waals surface area contributed by atoms with Crippen molar-refractivity contribution in [3.8, 4) is 0 Å². The van der Waals surface area contributed by atoms with Gasteiger partial charge in [-0.2, -0.15) is 0 Å². The molecule has 0 aliphatic rings. The Kier molecular flexibility index (Phi) is 4.93. The fourth-order valence-electron chi connectivity index (χ4n) is 1.18. The molecular formula is C12H23N3O2. The minimum atomic E-state index is -0.103. The predicted molar refractivity (Wildman–Crippen MR) is 67.2 cm³/mol. The van der Waals surface area contributed by atoms with E-state index in [0.29, 0.717) is 11.9 Å². The number of nitrogens with zero attached hydrogens (tertiary/aromatic N) is 2. The first-order valence-electron chi connectivity index (χ1n) is 6.09. The molecule has 98 valence electrons. The lowest BCUT2D eigenvalue weighted by Crippen LogP contribution is -2.11. The predicted octanol–water partition coefficient (Wildman–Crippen LogP) is 2.59. The standard InChI is InChI=1S/C12H23N3O2/c1-9(2)16-8-6-7-13-11-15-14-10(17-11)12(3,4)5/h9H,6-8H2,1-5H3,(H,13,15). The van der Waals surface area contributed by atoms with Crippen LogP contribution >= 0.6 is 0 Å². The first-order valence-corrected chi connectivity index (χ1v) is 6.09. The average Bonchev–Trinajstić information content (AvgIpc) is 2.64. The molecule has 0 saturated heterocycles. The van der Waals surface area contributed by atoms with Gasteiger partial charge in [-0.1, -0.05) is 25.9 Å². The lowest BCUT2D eigenvalue weighted by molar-refractivity contribution is 0.0786. The molecule has 0 atom stereocenters. The van der Waals surface area contributed by atoms with Crippen molar-refractivity contribution in [2.24, 2.45) is 0 Å². The monoisotopic (exact) mass is 241 g/mol. The Bertz CT molecular complexity index is 329. The van der Waals surface area contributed by atoms with E-state index in [2.05, 4.69) is 15.5 Å². The van der Waals surface area contributed by atoms with E-state index >= 15 is 0 Å². The average molecular weight is 241 g/mol. The van der Waals surface area contributed by atoms with Crippen LogP contribution in [0.2, 0.25) is 0 Å². The number of anilines is 1. The van der Waals surface area contributed by atoms with Gasteiger partial charge in [-0.25, -0.2) is 0 Å². The molecule has 1 heterocycles. The van der Waals surface area contributed by atoms with Crippen molar-refractivity contribution >= 4 is 6.01 Å². The Labute approximate surface area is 103 Å². The van der Waals surface area contributed by atoms with Crippen LogP contribution in [0.3, 0.4) is 0 Å². The van der Waals surface area contributed by atoms with Crippen LogP contribution in [-0.4, -0.2) is 29.5 Å². The molecule has 1 N–H and O–H groups in total. The molecule has 0 spiro atoms. The number of aromatic nitrogens is 2. The van der Waals surface area contributed by atoms with Crippen LogP contribution in [-0.2, 0) is 10.2 Å². The van der Waals surface area contributed by atoms with Crippen LogP contribution in [0.4, 0.5) is 6.01 Å². The van der Waals surface area contributed by atoms with E-state index in [9.17, 15) is 0 Å². The van der Waals surface area contributed by atoms with Crippen molar-refractivity contribution in [3.05, 3.63) is 5.89 Å². The van der Waals surface area contributed by atoms with Gasteiger partial charge >= 0.3 is 6.01 Å². The molecule has 0 unspecified atom stereocenters. The molecule has 0 aromatic carbocycles. The Hall–Kier alpha value is -1.10. The molecule has 1 aromatic rings. The normalized spacial score (nSPS) is 12.1. The number of rotatable bonds is 6. The summed E-state index contributed by atoms with van der Waals surface area (Å²) in [5, 5.41) is 11.0. The molecule has 5 nitrogen and oxygen atoms in total. The van der Waals surface area contributed by atoms with Gasteiger partial charge in [0, 0.05) is 18.6 Å². The molecule has 0 saturated carbocycles. The second-order valence-electron chi connectivity index (χ2n) is 5.36. The SMILES string of the molecule is CC(C)OCCCNc1nnc(C(C)(C)C)o1. The molecule has 0 fully saturated rings. The van der Waals surface area contributed by atoms with E-state index in [-0.39, 0.29) is 11.5 Å². The van der Waals surface area contributed by atoms with E-state index in [1.54, 1.807) is 0 Å². The lowest BCUT2D eigenvalue weighted by Gasteiger charge is -2.11.